The van der Waals surface area contributed by atoms with Crippen LogP contribution < -0.4 is 10.4 Å². The lowest BCUT2D eigenvalue weighted by molar-refractivity contribution is 0.110. The summed E-state index contributed by atoms with van der Waals surface area (Å²) in [5.74, 6) is 0.555. The molecule has 0 radical (unpaired) electrons. The Labute approximate surface area is 173 Å². The van der Waals surface area contributed by atoms with E-state index in [2.05, 4.69) is 6.07 Å². The average molecular weight is 412 g/mol. The van der Waals surface area contributed by atoms with Crippen LogP contribution in [0.5, 0.6) is 5.75 Å². The number of aliphatic hydroxyl groups is 1. The molecule has 1 N–H and O–H groups in total. The highest BCUT2D eigenvalue weighted by molar-refractivity contribution is 6.32. The molecule has 1 aliphatic carbocycles. The molecule has 29 heavy (non-hydrogen) atoms. The number of fused-ring (bicyclic) bond motifs is 1. The van der Waals surface area contributed by atoms with Crippen LogP contribution >= 0.6 is 11.6 Å². The maximum atomic E-state index is 13.4. The SMILES string of the molecule is COc1cc(Cn2c(=O)n([C@H]3CC[C@H](O)CC3)c3ccc(C#N)cc32)ccc1Cl. The zero-order chi connectivity index (χ0) is 20.5. The third-order valence-corrected chi connectivity index (χ3v) is 5.99. The number of nitriles is 1. The largest absolute Gasteiger partial charge is 0.495 e. The van der Waals surface area contributed by atoms with Gasteiger partial charge in [0.05, 0.1) is 47.4 Å². The Balaban J connectivity index is 1.83. The van der Waals surface area contributed by atoms with Crippen molar-refractivity contribution in [3.05, 3.63) is 63.0 Å². The fraction of sp³-hybridized carbons (Fsp3) is 0.364. The number of benzene rings is 2. The van der Waals surface area contributed by atoms with Gasteiger partial charge in [0.2, 0.25) is 0 Å². The van der Waals surface area contributed by atoms with E-state index in [0.29, 0.717) is 35.7 Å². The summed E-state index contributed by atoms with van der Waals surface area (Å²) in [6.45, 7) is 0.347. The van der Waals surface area contributed by atoms with Crippen LogP contribution in [0.4, 0.5) is 0 Å². The maximum Gasteiger partial charge on any atom is 0.329 e. The van der Waals surface area contributed by atoms with Crippen LogP contribution in [0.2, 0.25) is 5.02 Å². The van der Waals surface area contributed by atoms with Crippen LogP contribution in [-0.2, 0) is 6.54 Å². The first-order valence-electron chi connectivity index (χ1n) is 9.67. The van der Waals surface area contributed by atoms with Gasteiger partial charge in [0.1, 0.15) is 5.75 Å². The van der Waals surface area contributed by atoms with Crippen LogP contribution in [0, 0.1) is 11.3 Å². The van der Waals surface area contributed by atoms with E-state index in [-0.39, 0.29) is 17.8 Å². The van der Waals surface area contributed by atoms with Gasteiger partial charge in [-0.25, -0.2) is 4.79 Å². The smallest absolute Gasteiger partial charge is 0.329 e. The molecule has 3 aromatic rings. The molecule has 1 aliphatic rings. The fourth-order valence-electron chi connectivity index (χ4n) is 4.16. The first-order chi connectivity index (χ1) is 14.0. The lowest BCUT2D eigenvalue weighted by atomic mass is 9.93. The van der Waals surface area contributed by atoms with E-state index >= 15 is 0 Å². The Bertz CT molecular complexity index is 1150. The average Bonchev–Trinajstić information content (AvgIpc) is 3.00. The van der Waals surface area contributed by atoms with E-state index in [9.17, 15) is 15.2 Å². The Morgan fingerprint density at radius 2 is 1.93 bits per heavy atom. The minimum atomic E-state index is -0.290. The molecule has 4 rings (SSSR count). The molecule has 1 fully saturated rings. The molecule has 0 aliphatic heterocycles. The molecular formula is C22H22ClN3O3. The number of nitrogens with zero attached hydrogens (tertiary/aromatic N) is 3. The monoisotopic (exact) mass is 411 g/mol. The van der Waals surface area contributed by atoms with E-state index in [4.69, 9.17) is 16.3 Å². The van der Waals surface area contributed by atoms with Crippen LogP contribution in [0.15, 0.2) is 41.2 Å². The predicted molar refractivity (Wildman–Crippen MR) is 112 cm³/mol. The van der Waals surface area contributed by atoms with Crippen molar-refractivity contribution in [3.8, 4) is 11.8 Å². The van der Waals surface area contributed by atoms with Crippen LogP contribution in [0.25, 0.3) is 11.0 Å². The second kappa shape index (κ2) is 7.94. The molecule has 1 saturated carbocycles. The van der Waals surface area contributed by atoms with E-state index in [0.717, 1.165) is 29.4 Å². The van der Waals surface area contributed by atoms with Crippen molar-refractivity contribution < 1.29 is 9.84 Å². The Morgan fingerprint density at radius 3 is 2.62 bits per heavy atom. The lowest BCUT2D eigenvalue weighted by Gasteiger charge is -2.26. The number of imidazole rings is 1. The summed E-state index contributed by atoms with van der Waals surface area (Å²) >= 11 is 6.13. The molecule has 0 atom stereocenters. The number of halogens is 1. The molecule has 1 heterocycles. The van der Waals surface area contributed by atoms with Gasteiger partial charge in [0.15, 0.2) is 0 Å². The minimum absolute atomic E-state index is 0.0438. The summed E-state index contributed by atoms with van der Waals surface area (Å²) in [7, 11) is 1.56. The summed E-state index contributed by atoms with van der Waals surface area (Å²) in [4.78, 5) is 13.4. The lowest BCUT2D eigenvalue weighted by Crippen LogP contribution is -2.31. The zero-order valence-corrected chi connectivity index (χ0v) is 16.9. The summed E-state index contributed by atoms with van der Waals surface area (Å²) in [6.07, 6.45) is 2.61. The molecule has 150 valence electrons. The molecule has 0 unspecified atom stereocenters. The summed E-state index contributed by atoms with van der Waals surface area (Å²) < 4.78 is 8.82. The zero-order valence-electron chi connectivity index (χ0n) is 16.1. The van der Waals surface area contributed by atoms with Crippen LogP contribution in [0.3, 0.4) is 0 Å². The Morgan fingerprint density at radius 1 is 1.17 bits per heavy atom. The van der Waals surface area contributed by atoms with Crippen molar-refractivity contribution in [2.45, 2.75) is 44.4 Å². The molecule has 0 spiro atoms. The van der Waals surface area contributed by atoms with Crippen molar-refractivity contribution in [1.82, 2.24) is 9.13 Å². The number of hydrogen-bond acceptors (Lipinski definition) is 4. The molecule has 0 amide bonds. The first kappa shape index (κ1) is 19.6. The number of aliphatic hydroxyl groups excluding tert-OH is 1. The first-order valence-corrected chi connectivity index (χ1v) is 10.0. The summed E-state index contributed by atoms with van der Waals surface area (Å²) in [5, 5.41) is 19.7. The van der Waals surface area contributed by atoms with Crippen molar-refractivity contribution in [3.63, 3.8) is 0 Å². The molecule has 7 heteroatoms. The van der Waals surface area contributed by atoms with Gasteiger partial charge in [-0.05, 0) is 61.6 Å². The van der Waals surface area contributed by atoms with E-state index in [1.54, 1.807) is 29.9 Å². The number of rotatable bonds is 4. The van der Waals surface area contributed by atoms with Gasteiger partial charge in [-0.15, -0.1) is 0 Å². The molecular weight excluding hydrogens is 390 g/mol. The Hall–Kier alpha value is -2.75. The van der Waals surface area contributed by atoms with Gasteiger partial charge in [-0.1, -0.05) is 17.7 Å². The molecule has 2 aromatic carbocycles. The van der Waals surface area contributed by atoms with Crippen LogP contribution in [-0.4, -0.2) is 27.5 Å². The third kappa shape index (κ3) is 3.64. The topological polar surface area (TPSA) is 80.2 Å². The van der Waals surface area contributed by atoms with Gasteiger partial charge >= 0.3 is 5.69 Å². The number of ether oxygens (including phenoxy) is 1. The van der Waals surface area contributed by atoms with Gasteiger partial charge < -0.3 is 9.84 Å². The molecule has 0 saturated heterocycles. The highest BCUT2D eigenvalue weighted by Gasteiger charge is 2.25. The van der Waals surface area contributed by atoms with E-state index in [1.165, 1.54) is 0 Å². The molecule has 6 nitrogen and oxygen atoms in total. The quantitative estimate of drug-likeness (QED) is 0.706. The van der Waals surface area contributed by atoms with E-state index in [1.807, 2.05) is 22.8 Å². The minimum Gasteiger partial charge on any atom is -0.495 e. The molecule has 1 aromatic heterocycles. The second-order valence-electron chi connectivity index (χ2n) is 7.49. The van der Waals surface area contributed by atoms with Gasteiger partial charge in [0.25, 0.3) is 0 Å². The Kier molecular flexibility index (Phi) is 5.35. The van der Waals surface area contributed by atoms with Gasteiger partial charge in [-0.3, -0.25) is 9.13 Å². The highest BCUT2D eigenvalue weighted by Crippen LogP contribution is 2.31. The van der Waals surface area contributed by atoms with Gasteiger partial charge in [0, 0.05) is 6.04 Å². The number of aromatic nitrogens is 2. The van der Waals surface area contributed by atoms with Gasteiger partial charge in [-0.2, -0.15) is 5.26 Å². The normalized spacial score (nSPS) is 19.2. The fourth-order valence-corrected chi connectivity index (χ4v) is 4.35. The summed E-state index contributed by atoms with van der Waals surface area (Å²) in [6, 6.07) is 13.0. The standard InChI is InChI=1S/C22H22ClN3O3/c1-29-21-11-15(2-8-18(21)23)13-25-20-10-14(12-24)3-9-19(20)26(22(25)28)16-4-6-17(27)7-5-16/h2-3,8-11,16-17,27H,4-7,13H2,1H3/t16-,17-. The van der Waals surface area contributed by atoms with Crippen molar-refractivity contribution in [2.24, 2.45) is 0 Å². The second-order valence-corrected chi connectivity index (χ2v) is 7.89. The third-order valence-electron chi connectivity index (χ3n) is 5.68. The number of hydrogen-bond donors (Lipinski definition) is 1. The van der Waals surface area contributed by atoms with Crippen molar-refractivity contribution in [2.75, 3.05) is 7.11 Å². The predicted octanol–water partition coefficient (Wildman–Crippen LogP) is 3.86. The van der Waals surface area contributed by atoms with Crippen molar-refractivity contribution in [1.29, 1.82) is 5.26 Å². The summed E-state index contributed by atoms with van der Waals surface area (Å²) in [5.41, 5.74) is 2.83. The van der Waals surface area contributed by atoms with E-state index < -0.39 is 0 Å². The number of methoxy groups -OCH3 is 1. The molecule has 0 bridgehead atoms. The van der Waals surface area contributed by atoms with Crippen LogP contribution in [0.1, 0.15) is 42.9 Å². The maximum absolute atomic E-state index is 13.4. The van der Waals surface area contributed by atoms with Crippen molar-refractivity contribution >= 4 is 22.6 Å². The highest BCUT2D eigenvalue weighted by atomic mass is 35.5.